The molecule has 3 aromatic carbocycles. The molecule has 0 bridgehead atoms. The fraction of sp³-hybridized carbons (Fsp3) is 0.265. The van der Waals surface area contributed by atoms with Crippen molar-refractivity contribution in [1.82, 2.24) is 9.88 Å². The Bertz CT molecular complexity index is 1660. The minimum atomic E-state index is -0.809. The number of benzene rings is 3. The lowest BCUT2D eigenvalue weighted by atomic mass is 9.94. The zero-order chi connectivity index (χ0) is 29.9. The van der Waals surface area contributed by atoms with Crippen molar-refractivity contribution in [2.75, 3.05) is 13.7 Å². The van der Waals surface area contributed by atoms with E-state index in [0.29, 0.717) is 55.2 Å². The number of carbonyl (C=O) groups is 2. The summed E-state index contributed by atoms with van der Waals surface area (Å²) >= 11 is 0. The third-order valence-corrected chi connectivity index (χ3v) is 7.87. The zero-order valence-electron chi connectivity index (χ0n) is 24.2. The van der Waals surface area contributed by atoms with Crippen LogP contribution in [0.25, 0.3) is 5.76 Å². The average molecular weight is 581 g/mol. The normalized spacial score (nSPS) is 18.9. The molecule has 220 valence electrons. The van der Waals surface area contributed by atoms with Crippen molar-refractivity contribution in [3.05, 3.63) is 113 Å². The fourth-order valence-corrected chi connectivity index (χ4v) is 5.77. The van der Waals surface area contributed by atoms with Gasteiger partial charge in [-0.15, -0.1) is 0 Å². The van der Waals surface area contributed by atoms with E-state index in [1.165, 1.54) is 0 Å². The Morgan fingerprint density at radius 2 is 1.93 bits per heavy atom. The first-order valence-corrected chi connectivity index (χ1v) is 14.4. The monoisotopic (exact) mass is 580 g/mol. The van der Waals surface area contributed by atoms with Crippen molar-refractivity contribution in [3.8, 4) is 17.2 Å². The zero-order valence-corrected chi connectivity index (χ0v) is 24.2. The number of rotatable bonds is 10. The second-order valence-electron chi connectivity index (χ2n) is 10.8. The van der Waals surface area contributed by atoms with Gasteiger partial charge in [0.05, 0.1) is 25.3 Å². The highest BCUT2D eigenvalue weighted by Crippen LogP contribution is 2.43. The van der Waals surface area contributed by atoms with Crippen LogP contribution in [0.15, 0.2) is 91.0 Å². The van der Waals surface area contributed by atoms with Gasteiger partial charge in [0.2, 0.25) is 6.33 Å². The molecule has 0 radical (unpaired) electrons. The van der Waals surface area contributed by atoms with Gasteiger partial charge in [0.1, 0.15) is 36.6 Å². The summed E-state index contributed by atoms with van der Waals surface area (Å²) < 4.78 is 19.5. The smallest absolute Gasteiger partial charge is 0.295 e. The largest absolute Gasteiger partial charge is 0.507 e. The van der Waals surface area contributed by atoms with Gasteiger partial charge in [0.15, 0.2) is 11.5 Å². The number of amides is 1. The fourth-order valence-electron chi connectivity index (χ4n) is 5.77. The van der Waals surface area contributed by atoms with Gasteiger partial charge in [-0.3, -0.25) is 14.6 Å². The number of imidazole rings is 1. The summed E-state index contributed by atoms with van der Waals surface area (Å²) in [6.07, 6.45) is 6.90. The van der Waals surface area contributed by atoms with Crippen molar-refractivity contribution >= 4 is 17.4 Å². The van der Waals surface area contributed by atoms with Crippen LogP contribution >= 0.6 is 0 Å². The number of likely N-dealkylation sites (tertiary alicyclic amines) is 1. The molecule has 2 aliphatic heterocycles. The molecule has 1 fully saturated rings. The number of nitrogens with zero attached hydrogens (tertiary/aromatic N) is 2. The maximum atomic E-state index is 13.6. The maximum absolute atomic E-state index is 13.6. The molecule has 2 atom stereocenters. The molecule has 4 aromatic rings. The van der Waals surface area contributed by atoms with Crippen molar-refractivity contribution in [2.24, 2.45) is 0 Å². The lowest BCUT2D eigenvalue weighted by Crippen LogP contribution is -2.36. The van der Waals surface area contributed by atoms with Crippen LogP contribution < -0.4 is 18.8 Å². The number of hydrogen-bond acceptors (Lipinski definition) is 6. The number of aromatic amines is 1. The molecule has 9 nitrogen and oxygen atoms in total. The van der Waals surface area contributed by atoms with Gasteiger partial charge in [0, 0.05) is 24.9 Å². The van der Waals surface area contributed by atoms with E-state index in [0.717, 1.165) is 16.9 Å². The molecule has 2 aliphatic rings. The highest BCUT2D eigenvalue weighted by molar-refractivity contribution is 6.46. The van der Waals surface area contributed by atoms with E-state index < -0.39 is 17.7 Å². The Kier molecular flexibility index (Phi) is 7.87. The maximum Gasteiger partial charge on any atom is 0.295 e. The van der Waals surface area contributed by atoms with E-state index in [1.807, 2.05) is 72.7 Å². The molecule has 2 N–H and O–H groups in total. The Balaban J connectivity index is 1.36. The second kappa shape index (κ2) is 12.1. The van der Waals surface area contributed by atoms with E-state index in [2.05, 4.69) is 4.98 Å². The quantitative estimate of drug-likeness (QED) is 0.122. The summed E-state index contributed by atoms with van der Waals surface area (Å²) in [5.74, 6) is 0.183. The lowest BCUT2D eigenvalue weighted by molar-refractivity contribution is -0.695. The number of carbonyl (C=O) groups excluding carboxylic acids is 2. The Morgan fingerprint density at radius 3 is 2.70 bits per heavy atom. The number of fused-ring (bicyclic) bond motifs is 1. The first-order chi connectivity index (χ1) is 20.9. The van der Waals surface area contributed by atoms with E-state index in [9.17, 15) is 14.7 Å². The number of nitrogens with one attached hydrogen (secondary N) is 1. The van der Waals surface area contributed by atoms with E-state index in [-0.39, 0.29) is 17.4 Å². The van der Waals surface area contributed by atoms with Crippen LogP contribution in [0.2, 0.25) is 0 Å². The van der Waals surface area contributed by atoms with Gasteiger partial charge >= 0.3 is 0 Å². The molecule has 1 saturated heterocycles. The molecule has 43 heavy (non-hydrogen) atoms. The standard InChI is InChI=1S/C34H33N3O6/c1-22-17-26-18-25(10-11-27(26)43-22)32(38)30-31(37(34(40)33(30)39)15-6-14-36-16-13-35-21-36)24-9-12-28(29(19-24)41-2)42-20-23-7-4-3-5-8-23/h3-5,7-13,16,18-19,21-22,31H,6,14-15,17,20H2,1-2H3,(H,38,39)/p+1. The van der Waals surface area contributed by atoms with Crippen LogP contribution in [0.3, 0.4) is 0 Å². The van der Waals surface area contributed by atoms with E-state index in [1.54, 1.807) is 36.3 Å². The third-order valence-electron chi connectivity index (χ3n) is 7.87. The van der Waals surface area contributed by atoms with Crippen LogP contribution in [0.4, 0.5) is 0 Å². The van der Waals surface area contributed by atoms with Gasteiger partial charge in [-0.05, 0) is 53.9 Å². The predicted octanol–water partition coefficient (Wildman–Crippen LogP) is 4.73. The van der Waals surface area contributed by atoms with Crippen molar-refractivity contribution < 1.29 is 33.5 Å². The number of aromatic nitrogens is 2. The molecule has 6 rings (SSSR count). The Hall–Kier alpha value is -5.05. The summed E-state index contributed by atoms with van der Waals surface area (Å²) in [5.41, 5.74) is 3.12. The summed E-state index contributed by atoms with van der Waals surface area (Å²) in [5, 5.41) is 11.6. The van der Waals surface area contributed by atoms with Gasteiger partial charge in [-0.25, -0.2) is 4.57 Å². The van der Waals surface area contributed by atoms with Crippen LogP contribution in [-0.2, 0) is 29.2 Å². The van der Waals surface area contributed by atoms with Gasteiger partial charge in [-0.1, -0.05) is 36.4 Å². The number of ketones is 1. The number of H-pyrrole nitrogens is 1. The molecule has 9 heteroatoms. The average Bonchev–Trinajstić information content (AvgIpc) is 3.74. The van der Waals surface area contributed by atoms with Crippen LogP contribution in [0.1, 0.15) is 41.6 Å². The van der Waals surface area contributed by atoms with Gasteiger partial charge < -0.3 is 24.2 Å². The number of aliphatic hydroxyl groups is 1. The number of aliphatic hydroxyl groups excluding tert-OH is 1. The first-order valence-electron chi connectivity index (χ1n) is 14.4. The Morgan fingerprint density at radius 1 is 1.09 bits per heavy atom. The van der Waals surface area contributed by atoms with Crippen molar-refractivity contribution in [2.45, 2.75) is 45.1 Å². The Labute approximate surface area is 250 Å². The highest BCUT2D eigenvalue weighted by Gasteiger charge is 2.46. The summed E-state index contributed by atoms with van der Waals surface area (Å²) in [6, 6.07) is 19.7. The molecule has 3 heterocycles. The number of aryl methyl sites for hydroxylation is 1. The van der Waals surface area contributed by atoms with Crippen molar-refractivity contribution in [3.63, 3.8) is 0 Å². The number of Topliss-reactive ketones (excluding diaryl/α,β-unsaturated/α-hetero) is 1. The molecular weight excluding hydrogens is 546 g/mol. The lowest BCUT2D eigenvalue weighted by Gasteiger charge is -2.26. The SMILES string of the molecule is COc1cc(C2C(=C(O)c3ccc4c(c3)CC(C)O4)C(=O)C(=O)N2CCC[n+]2cc[nH]c2)ccc1OCc1ccccc1. The number of hydrogen-bond donors (Lipinski definition) is 2. The predicted molar refractivity (Wildman–Crippen MR) is 159 cm³/mol. The molecular formula is C34H34N3O6+. The van der Waals surface area contributed by atoms with E-state index >= 15 is 0 Å². The topological polar surface area (TPSA) is 105 Å². The summed E-state index contributed by atoms with van der Waals surface area (Å²) in [4.78, 5) is 31.6. The second-order valence-corrected chi connectivity index (χ2v) is 10.8. The summed E-state index contributed by atoms with van der Waals surface area (Å²) in [7, 11) is 1.55. The van der Waals surface area contributed by atoms with Crippen LogP contribution in [0.5, 0.6) is 17.2 Å². The highest BCUT2D eigenvalue weighted by atomic mass is 16.5. The molecule has 1 amide bonds. The number of ether oxygens (including phenoxy) is 3. The molecule has 2 unspecified atom stereocenters. The van der Waals surface area contributed by atoms with E-state index in [4.69, 9.17) is 14.2 Å². The summed E-state index contributed by atoms with van der Waals surface area (Å²) in [6.45, 7) is 3.30. The number of methoxy groups -OCH3 is 1. The minimum absolute atomic E-state index is 0.0333. The molecule has 0 aliphatic carbocycles. The molecule has 0 saturated carbocycles. The van der Waals surface area contributed by atoms with Crippen molar-refractivity contribution in [1.29, 1.82) is 0 Å². The third kappa shape index (κ3) is 5.70. The van der Waals surface area contributed by atoms with Crippen LogP contribution in [-0.4, -0.2) is 46.4 Å². The van der Waals surface area contributed by atoms with Crippen LogP contribution in [0, 0.1) is 0 Å². The molecule has 1 aromatic heterocycles. The van der Waals surface area contributed by atoms with Gasteiger partial charge in [-0.2, -0.15) is 0 Å². The molecule has 0 spiro atoms. The van der Waals surface area contributed by atoms with Gasteiger partial charge in [0.25, 0.3) is 11.7 Å². The minimum Gasteiger partial charge on any atom is -0.507 e. The first kappa shape index (κ1) is 28.1.